The summed E-state index contributed by atoms with van der Waals surface area (Å²) in [4.78, 5) is 12.3. The number of benzene rings is 1. The van der Waals surface area contributed by atoms with Crippen LogP contribution in [-0.4, -0.2) is 37.5 Å². The normalized spacial score (nSPS) is 17.2. The lowest BCUT2D eigenvalue weighted by molar-refractivity contribution is -0.137. The van der Waals surface area contributed by atoms with Crippen molar-refractivity contribution in [1.82, 2.24) is 4.31 Å². The molecule has 0 aliphatic carbocycles. The van der Waals surface area contributed by atoms with Crippen LogP contribution in [-0.2, 0) is 21.0 Å². The average Bonchev–Trinajstić information content (AvgIpc) is 2.59. The van der Waals surface area contributed by atoms with Gasteiger partial charge in [0.15, 0.2) is 0 Å². The number of unbranched alkanes of at least 4 members (excludes halogenated alkanes) is 1. The molecule has 1 N–H and O–H groups in total. The van der Waals surface area contributed by atoms with Crippen molar-refractivity contribution in [3.8, 4) is 0 Å². The summed E-state index contributed by atoms with van der Waals surface area (Å²) in [6.07, 6.45) is -2.61. The number of nitrogens with one attached hydrogen (secondary N) is 1. The van der Waals surface area contributed by atoms with Gasteiger partial charge < -0.3 is 5.32 Å². The second-order valence-corrected chi connectivity index (χ2v) is 8.46. The van der Waals surface area contributed by atoms with Crippen LogP contribution < -0.4 is 5.32 Å². The van der Waals surface area contributed by atoms with E-state index in [-0.39, 0.29) is 24.5 Å². The highest BCUT2D eigenvalue weighted by Crippen LogP contribution is 2.35. The molecule has 5 nitrogen and oxygen atoms in total. The van der Waals surface area contributed by atoms with Crippen molar-refractivity contribution in [2.75, 3.05) is 24.2 Å². The summed E-state index contributed by atoms with van der Waals surface area (Å²) < 4.78 is 64.7. The van der Waals surface area contributed by atoms with Crippen molar-refractivity contribution < 1.29 is 26.4 Å². The number of hydrogen-bond acceptors (Lipinski definition) is 3. The molecule has 0 radical (unpaired) electrons. The molecule has 0 spiro atoms. The van der Waals surface area contributed by atoms with E-state index in [1.54, 1.807) is 0 Å². The second-order valence-electron chi connectivity index (χ2n) is 6.38. The summed E-state index contributed by atoms with van der Waals surface area (Å²) in [7, 11) is -3.33. The summed E-state index contributed by atoms with van der Waals surface area (Å²) >= 11 is 0. The number of carbonyl (C=O) groups is 1. The number of nitrogens with zero attached hydrogens (tertiary/aromatic N) is 1. The maximum atomic E-state index is 13.0. The largest absolute Gasteiger partial charge is 0.418 e. The molecule has 0 bridgehead atoms. The molecule has 0 aromatic heterocycles. The maximum absolute atomic E-state index is 13.0. The van der Waals surface area contributed by atoms with Gasteiger partial charge in [0, 0.05) is 19.0 Å². The molecule has 1 saturated heterocycles. The van der Waals surface area contributed by atoms with Crippen molar-refractivity contribution in [2.45, 2.75) is 38.8 Å². The molecule has 26 heavy (non-hydrogen) atoms. The van der Waals surface area contributed by atoms with Crippen molar-refractivity contribution in [3.63, 3.8) is 0 Å². The first kappa shape index (κ1) is 20.7. The molecule has 1 amide bonds. The van der Waals surface area contributed by atoms with Crippen molar-refractivity contribution in [3.05, 3.63) is 29.8 Å². The second kappa shape index (κ2) is 8.39. The van der Waals surface area contributed by atoms with Crippen LogP contribution in [0.2, 0.25) is 0 Å². The molecule has 0 atom stereocenters. The third kappa shape index (κ3) is 5.20. The molecular formula is C17H23F3N2O3S. The first-order valence-corrected chi connectivity index (χ1v) is 10.2. The Morgan fingerprint density at radius 1 is 1.23 bits per heavy atom. The molecule has 146 valence electrons. The highest BCUT2D eigenvalue weighted by atomic mass is 32.2. The molecule has 9 heteroatoms. The van der Waals surface area contributed by atoms with Gasteiger partial charge in [-0.15, -0.1) is 0 Å². The molecule has 1 aliphatic rings. The van der Waals surface area contributed by atoms with Crippen LogP contribution in [0.4, 0.5) is 18.9 Å². The van der Waals surface area contributed by atoms with E-state index in [2.05, 4.69) is 5.32 Å². The molecule has 1 fully saturated rings. The summed E-state index contributed by atoms with van der Waals surface area (Å²) in [5.41, 5.74) is -1.17. The molecule has 2 rings (SSSR count). The Morgan fingerprint density at radius 3 is 2.42 bits per heavy atom. The Bertz CT molecular complexity index is 727. The van der Waals surface area contributed by atoms with E-state index in [0.717, 1.165) is 12.5 Å². The number of alkyl halides is 3. The first-order valence-electron chi connectivity index (χ1n) is 8.60. The zero-order valence-corrected chi connectivity index (χ0v) is 15.4. The summed E-state index contributed by atoms with van der Waals surface area (Å²) in [6.45, 7) is 2.33. The molecule has 1 aliphatic heterocycles. The number of hydrogen-bond donors (Lipinski definition) is 1. The van der Waals surface area contributed by atoms with Gasteiger partial charge in [-0.2, -0.15) is 13.2 Å². The van der Waals surface area contributed by atoms with E-state index in [0.29, 0.717) is 19.3 Å². The Hall–Kier alpha value is -1.61. The molecule has 0 saturated carbocycles. The number of para-hydroxylation sites is 1. The van der Waals surface area contributed by atoms with E-state index in [9.17, 15) is 26.4 Å². The number of carbonyl (C=O) groups excluding carboxylic acids is 1. The van der Waals surface area contributed by atoms with E-state index >= 15 is 0 Å². The minimum absolute atomic E-state index is 0.0827. The molecule has 1 heterocycles. The fourth-order valence-corrected chi connectivity index (χ4v) is 4.60. The van der Waals surface area contributed by atoms with Gasteiger partial charge in [-0.05, 0) is 31.4 Å². The highest BCUT2D eigenvalue weighted by Gasteiger charge is 2.35. The predicted molar refractivity (Wildman–Crippen MR) is 93.1 cm³/mol. The summed E-state index contributed by atoms with van der Waals surface area (Å²) in [5, 5.41) is 2.35. The maximum Gasteiger partial charge on any atom is 0.418 e. The van der Waals surface area contributed by atoms with Crippen LogP contribution in [0.1, 0.15) is 38.2 Å². The topological polar surface area (TPSA) is 66.5 Å². The Labute approximate surface area is 151 Å². The lowest BCUT2D eigenvalue weighted by Crippen LogP contribution is -2.42. The highest BCUT2D eigenvalue weighted by molar-refractivity contribution is 7.89. The Morgan fingerprint density at radius 2 is 1.85 bits per heavy atom. The van der Waals surface area contributed by atoms with Crippen molar-refractivity contribution in [1.29, 1.82) is 0 Å². The number of amides is 1. The SMILES string of the molecule is CCCCS(=O)(=O)N1CCC(C(=O)Nc2ccccc2C(F)(F)F)CC1. The van der Waals surface area contributed by atoms with Crippen LogP contribution in [0.15, 0.2) is 24.3 Å². The van der Waals surface area contributed by atoms with Crippen LogP contribution in [0.25, 0.3) is 0 Å². The standard InChI is InChI=1S/C17H23F3N2O3S/c1-2-3-12-26(24,25)22-10-8-13(9-11-22)16(23)21-15-7-5-4-6-14(15)17(18,19)20/h4-7,13H,2-3,8-12H2,1H3,(H,21,23). The van der Waals surface area contributed by atoms with Gasteiger partial charge in [0.25, 0.3) is 0 Å². The fourth-order valence-electron chi connectivity index (χ4n) is 2.93. The van der Waals surface area contributed by atoms with Gasteiger partial charge in [0.1, 0.15) is 0 Å². The minimum Gasteiger partial charge on any atom is -0.325 e. The third-order valence-electron chi connectivity index (χ3n) is 4.46. The van der Waals surface area contributed by atoms with Gasteiger partial charge in [-0.25, -0.2) is 12.7 Å². The number of sulfonamides is 1. The smallest absolute Gasteiger partial charge is 0.325 e. The van der Waals surface area contributed by atoms with Crippen LogP contribution in [0.5, 0.6) is 0 Å². The van der Waals surface area contributed by atoms with Crippen molar-refractivity contribution >= 4 is 21.6 Å². The third-order valence-corrected chi connectivity index (χ3v) is 6.42. The molecule has 1 aromatic carbocycles. The predicted octanol–water partition coefficient (Wildman–Crippen LogP) is 3.49. The zero-order valence-electron chi connectivity index (χ0n) is 14.6. The zero-order chi connectivity index (χ0) is 19.4. The van der Waals surface area contributed by atoms with Crippen LogP contribution >= 0.6 is 0 Å². The lowest BCUT2D eigenvalue weighted by Gasteiger charge is -2.30. The van der Waals surface area contributed by atoms with Gasteiger partial charge in [-0.3, -0.25) is 4.79 Å². The van der Waals surface area contributed by atoms with Gasteiger partial charge in [-0.1, -0.05) is 25.5 Å². The van der Waals surface area contributed by atoms with Gasteiger partial charge >= 0.3 is 6.18 Å². The summed E-state index contributed by atoms with van der Waals surface area (Å²) in [5.74, 6) is -0.930. The van der Waals surface area contributed by atoms with E-state index in [4.69, 9.17) is 0 Å². The summed E-state index contributed by atoms with van der Waals surface area (Å²) in [6, 6.07) is 4.81. The quantitative estimate of drug-likeness (QED) is 0.806. The first-order chi connectivity index (χ1) is 12.1. The monoisotopic (exact) mass is 392 g/mol. The van der Waals surface area contributed by atoms with Crippen molar-refractivity contribution in [2.24, 2.45) is 5.92 Å². The lowest BCUT2D eigenvalue weighted by atomic mass is 9.97. The molecule has 1 aromatic rings. The average molecular weight is 392 g/mol. The molecular weight excluding hydrogens is 369 g/mol. The van der Waals surface area contributed by atoms with E-state index in [1.807, 2.05) is 6.92 Å². The molecule has 0 unspecified atom stereocenters. The Kier molecular flexibility index (Phi) is 6.68. The Balaban J connectivity index is 1.98. The van der Waals surface area contributed by atoms with Gasteiger partial charge in [0.2, 0.25) is 15.9 Å². The number of halogens is 3. The number of anilines is 1. The minimum atomic E-state index is -4.55. The van der Waals surface area contributed by atoms with Crippen LogP contribution in [0.3, 0.4) is 0 Å². The van der Waals surface area contributed by atoms with E-state index in [1.165, 1.54) is 22.5 Å². The van der Waals surface area contributed by atoms with Gasteiger partial charge in [0.05, 0.1) is 17.0 Å². The number of rotatable bonds is 6. The fraction of sp³-hybridized carbons (Fsp3) is 0.588. The van der Waals surface area contributed by atoms with E-state index < -0.39 is 33.6 Å². The van der Waals surface area contributed by atoms with Crippen LogP contribution in [0, 0.1) is 5.92 Å². The number of piperidine rings is 1.